The van der Waals surface area contributed by atoms with Gasteiger partial charge in [0, 0.05) is 25.5 Å². The fraction of sp³-hybridized carbons (Fsp3) is 0.571. The molecule has 0 aliphatic carbocycles. The number of rotatable bonds is 3. The molecular weight excluding hydrogens is 240 g/mol. The second-order valence-corrected chi connectivity index (χ2v) is 5.40. The van der Waals surface area contributed by atoms with Crippen molar-refractivity contribution in [1.82, 2.24) is 20.5 Å². The molecule has 2 fully saturated rings. The Morgan fingerprint density at radius 2 is 2.21 bits per heavy atom. The van der Waals surface area contributed by atoms with Crippen molar-refractivity contribution < 1.29 is 4.79 Å². The first-order valence-electron chi connectivity index (χ1n) is 6.99. The molecule has 1 aromatic rings. The van der Waals surface area contributed by atoms with E-state index in [9.17, 15) is 4.79 Å². The van der Waals surface area contributed by atoms with Gasteiger partial charge in [-0.3, -0.25) is 4.98 Å². The molecule has 19 heavy (non-hydrogen) atoms. The molecule has 3 rings (SSSR count). The molecule has 2 saturated heterocycles. The molecule has 2 atom stereocenters. The van der Waals surface area contributed by atoms with E-state index in [1.807, 2.05) is 17.0 Å². The molecule has 0 saturated carbocycles. The SMILES string of the molecule is O=C1NC(c2ccncc2)CN1CC1CCCNC1. The molecule has 102 valence electrons. The van der Waals surface area contributed by atoms with Crippen LogP contribution in [0.1, 0.15) is 24.4 Å². The van der Waals surface area contributed by atoms with Gasteiger partial charge in [0.1, 0.15) is 0 Å². The fourth-order valence-corrected chi connectivity index (χ4v) is 2.92. The zero-order chi connectivity index (χ0) is 13.1. The zero-order valence-electron chi connectivity index (χ0n) is 11.0. The summed E-state index contributed by atoms with van der Waals surface area (Å²) in [6, 6.07) is 4.10. The number of pyridine rings is 1. The number of hydrogen-bond donors (Lipinski definition) is 2. The van der Waals surface area contributed by atoms with Gasteiger partial charge >= 0.3 is 6.03 Å². The van der Waals surface area contributed by atoms with Gasteiger partial charge in [0.25, 0.3) is 0 Å². The maximum absolute atomic E-state index is 12.0. The third-order valence-corrected chi connectivity index (χ3v) is 3.97. The standard InChI is InChI=1S/C14H20N4O/c19-14-17-13(12-3-6-15-7-4-12)10-18(14)9-11-2-1-5-16-8-11/h3-4,6-7,11,13,16H,1-2,5,8-10H2,(H,17,19). The van der Waals surface area contributed by atoms with Gasteiger partial charge in [0.05, 0.1) is 6.04 Å². The van der Waals surface area contributed by atoms with Crippen LogP contribution in [-0.4, -0.2) is 42.1 Å². The molecule has 1 aromatic heterocycles. The number of hydrogen-bond acceptors (Lipinski definition) is 3. The highest BCUT2D eigenvalue weighted by Gasteiger charge is 2.31. The van der Waals surface area contributed by atoms with Crippen LogP contribution in [0.5, 0.6) is 0 Å². The summed E-state index contributed by atoms with van der Waals surface area (Å²) in [5.74, 6) is 0.593. The van der Waals surface area contributed by atoms with Crippen LogP contribution in [0.2, 0.25) is 0 Å². The first-order valence-corrected chi connectivity index (χ1v) is 6.99. The Balaban J connectivity index is 1.60. The van der Waals surface area contributed by atoms with E-state index in [0.29, 0.717) is 5.92 Å². The van der Waals surface area contributed by atoms with Crippen molar-refractivity contribution in [2.45, 2.75) is 18.9 Å². The smallest absolute Gasteiger partial charge is 0.318 e. The van der Waals surface area contributed by atoms with Crippen LogP contribution in [0.3, 0.4) is 0 Å². The van der Waals surface area contributed by atoms with E-state index in [4.69, 9.17) is 0 Å². The highest BCUT2D eigenvalue weighted by atomic mass is 16.2. The van der Waals surface area contributed by atoms with Gasteiger partial charge in [-0.1, -0.05) is 0 Å². The van der Waals surface area contributed by atoms with Crippen LogP contribution in [0.15, 0.2) is 24.5 Å². The van der Waals surface area contributed by atoms with Gasteiger partial charge in [-0.25, -0.2) is 4.79 Å². The lowest BCUT2D eigenvalue weighted by atomic mass is 9.99. The quantitative estimate of drug-likeness (QED) is 0.857. The van der Waals surface area contributed by atoms with E-state index in [2.05, 4.69) is 15.6 Å². The van der Waals surface area contributed by atoms with Crippen molar-refractivity contribution >= 4 is 6.03 Å². The van der Waals surface area contributed by atoms with E-state index in [-0.39, 0.29) is 12.1 Å². The summed E-state index contributed by atoms with van der Waals surface area (Å²) in [7, 11) is 0. The number of aromatic nitrogens is 1. The zero-order valence-corrected chi connectivity index (χ0v) is 11.0. The highest BCUT2D eigenvalue weighted by Crippen LogP contribution is 2.21. The topological polar surface area (TPSA) is 57.3 Å². The third kappa shape index (κ3) is 2.87. The maximum Gasteiger partial charge on any atom is 0.318 e. The average Bonchev–Trinajstić information content (AvgIpc) is 2.82. The van der Waals surface area contributed by atoms with Gasteiger partial charge < -0.3 is 15.5 Å². The molecule has 5 nitrogen and oxygen atoms in total. The summed E-state index contributed by atoms with van der Waals surface area (Å²) < 4.78 is 0. The van der Waals surface area contributed by atoms with Crippen molar-refractivity contribution in [2.24, 2.45) is 5.92 Å². The Labute approximate surface area is 113 Å². The Morgan fingerprint density at radius 3 is 2.95 bits per heavy atom. The molecule has 2 amide bonds. The Kier molecular flexibility index (Phi) is 3.64. The number of nitrogens with zero attached hydrogens (tertiary/aromatic N) is 2. The monoisotopic (exact) mass is 260 g/mol. The molecule has 5 heteroatoms. The molecule has 2 N–H and O–H groups in total. The number of amides is 2. The summed E-state index contributed by atoms with van der Waals surface area (Å²) >= 11 is 0. The van der Waals surface area contributed by atoms with Crippen molar-refractivity contribution in [2.75, 3.05) is 26.2 Å². The van der Waals surface area contributed by atoms with Crippen LogP contribution in [0.25, 0.3) is 0 Å². The third-order valence-electron chi connectivity index (χ3n) is 3.97. The number of carbonyl (C=O) groups excluding carboxylic acids is 1. The summed E-state index contributed by atoms with van der Waals surface area (Å²) in [6.07, 6.45) is 5.98. The van der Waals surface area contributed by atoms with Crippen molar-refractivity contribution in [3.63, 3.8) is 0 Å². The second kappa shape index (κ2) is 5.57. The van der Waals surface area contributed by atoms with E-state index in [1.165, 1.54) is 12.8 Å². The van der Waals surface area contributed by atoms with Crippen molar-refractivity contribution in [3.05, 3.63) is 30.1 Å². The number of urea groups is 1. The first-order chi connectivity index (χ1) is 9.33. The lowest BCUT2D eigenvalue weighted by Crippen LogP contribution is -2.39. The normalized spacial score (nSPS) is 27.4. The average molecular weight is 260 g/mol. The first kappa shape index (κ1) is 12.4. The van der Waals surface area contributed by atoms with Crippen LogP contribution in [0.4, 0.5) is 4.79 Å². The van der Waals surface area contributed by atoms with Gasteiger partial charge in [0.15, 0.2) is 0 Å². The minimum Gasteiger partial charge on any atom is -0.329 e. The largest absolute Gasteiger partial charge is 0.329 e. The lowest BCUT2D eigenvalue weighted by molar-refractivity contribution is 0.202. The van der Waals surface area contributed by atoms with Gasteiger partial charge in [-0.05, 0) is 49.5 Å². The minimum atomic E-state index is 0.0624. The molecule has 2 aliphatic heterocycles. The Morgan fingerprint density at radius 1 is 1.37 bits per heavy atom. The van der Waals surface area contributed by atoms with E-state index < -0.39 is 0 Å². The summed E-state index contributed by atoms with van der Waals surface area (Å²) in [6.45, 7) is 3.77. The lowest BCUT2D eigenvalue weighted by Gasteiger charge is -2.26. The van der Waals surface area contributed by atoms with Gasteiger partial charge in [-0.2, -0.15) is 0 Å². The number of nitrogens with one attached hydrogen (secondary N) is 2. The summed E-state index contributed by atoms with van der Waals surface area (Å²) in [5.41, 5.74) is 1.13. The molecule has 2 unspecified atom stereocenters. The van der Waals surface area contributed by atoms with E-state index in [0.717, 1.165) is 31.7 Å². The molecule has 3 heterocycles. The number of carbonyl (C=O) groups is 1. The van der Waals surface area contributed by atoms with Crippen LogP contribution in [-0.2, 0) is 0 Å². The molecule has 0 spiro atoms. The Hall–Kier alpha value is -1.62. The van der Waals surface area contributed by atoms with E-state index >= 15 is 0 Å². The summed E-state index contributed by atoms with van der Waals surface area (Å²) in [5, 5.41) is 6.45. The van der Waals surface area contributed by atoms with Crippen LogP contribution < -0.4 is 10.6 Å². The molecule has 0 bridgehead atoms. The summed E-state index contributed by atoms with van der Waals surface area (Å²) in [4.78, 5) is 18.0. The maximum atomic E-state index is 12.0. The van der Waals surface area contributed by atoms with Crippen LogP contribution in [0, 0.1) is 5.92 Å². The predicted octanol–water partition coefficient (Wildman–Crippen LogP) is 1.15. The number of piperidine rings is 1. The van der Waals surface area contributed by atoms with Gasteiger partial charge in [-0.15, -0.1) is 0 Å². The van der Waals surface area contributed by atoms with Gasteiger partial charge in [0.2, 0.25) is 0 Å². The van der Waals surface area contributed by atoms with Crippen molar-refractivity contribution in [1.29, 1.82) is 0 Å². The molecule has 0 aromatic carbocycles. The van der Waals surface area contributed by atoms with Crippen LogP contribution >= 0.6 is 0 Å². The molecule has 0 radical (unpaired) electrons. The molecule has 2 aliphatic rings. The predicted molar refractivity (Wildman–Crippen MR) is 72.7 cm³/mol. The fourth-order valence-electron chi connectivity index (χ4n) is 2.92. The minimum absolute atomic E-state index is 0.0624. The van der Waals surface area contributed by atoms with Crippen molar-refractivity contribution in [3.8, 4) is 0 Å². The van der Waals surface area contributed by atoms with E-state index in [1.54, 1.807) is 12.4 Å². The second-order valence-electron chi connectivity index (χ2n) is 5.40. The molecular formula is C14H20N4O. The highest BCUT2D eigenvalue weighted by molar-refractivity contribution is 5.77. The Bertz CT molecular complexity index is 430.